The molecule has 0 heterocycles. The van der Waals surface area contributed by atoms with E-state index in [4.69, 9.17) is 0 Å². The Kier molecular flexibility index (Phi) is 2.69. The number of hydrogen-bond acceptors (Lipinski definition) is 0. The summed E-state index contributed by atoms with van der Waals surface area (Å²) in [4.78, 5) is 0. The monoisotopic (exact) mass is 248 g/mol. The van der Waals surface area contributed by atoms with Crippen LogP contribution >= 0.6 is 5.29 Å². The SMILES string of the molecule is CP(C)(C)(C)[Se]c1ccccc1. The van der Waals surface area contributed by atoms with E-state index >= 15 is 0 Å². The summed E-state index contributed by atoms with van der Waals surface area (Å²) in [5, 5.41) is -1.29. The molecule has 0 amide bonds. The molecule has 0 saturated heterocycles. The summed E-state index contributed by atoms with van der Waals surface area (Å²) in [5.74, 6) is 0. The molecule has 0 spiro atoms. The number of rotatable bonds is 2. The Hall–Kier alpha value is 0.169. The molecule has 0 saturated carbocycles. The van der Waals surface area contributed by atoms with Crippen LogP contribution in [0.5, 0.6) is 0 Å². The number of hydrogen-bond donors (Lipinski definition) is 0. The molecule has 2 heteroatoms. The fourth-order valence-electron chi connectivity index (χ4n) is 0.903. The molecule has 1 aromatic rings. The van der Waals surface area contributed by atoms with E-state index in [1.165, 1.54) is 4.46 Å². The molecular weight excluding hydrogens is 230 g/mol. The van der Waals surface area contributed by atoms with Crippen molar-refractivity contribution in [1.29, 1.82) is 0 Å². The van der Waals surface area contributed by atoms with Gasteiger partial charge in [-0.2, -0.15) is 0 Å². The molecule has 12 heavy (non-hydrogen) atoms. The standard InChI is InChI=1S/C10H17PSe/c1-11(2,3,4)12-10-8-6-5-7-9-10/h5-9H,1-4H3. The normalized spacial score (nSPS) is 15.2. The van der Waals surface area contributed by atoms with Crippen LogP contribution in [0.2, 0.25) is 0 Å². The van der Waals surface area contributed by atoms with Gasteiger partial charge in [0.15, 0.2) is 0 Å². The molecule has 0 atom stereocenters. The summed E-state index contributed by atoms with van der Waals surface area (Å²) in [6.45, 7) is 9.77. The van der Waals surface area contributed by atoms with Gasteiger partial charge in [0, 0.05) is 0 Å². The maximum absolute atomic E-state index is 2.44. The Morgan fingerprint density at radius 2 is 1.42 bits per heavy atom. The third-order valence-corrected chi connectivity index (χ3v) is 8.65. The van der Waals surface area contributed by atoms with Crippen molar-refractivity contribution >= 4 is 24.3 Å². The van der Waals surface area contributed by atoms with Crippen LogP contribution in [0.1, 0.15) is 0 Å². The molecule has 0 N–H and O–H groups in total. The van der Waals surface area contributed by atoms with Crippen molar-refractivity contribution in [2.24, 2.45) is 0 Å². The van der Waals surface area contributed by atoms with Crippen LogP contribution in [-0.4, -0.2) is 41.2 Å². The van der Waals surface area contributed by atoms with Crippen LogP contribution in [0, 0.1) is 0 Å². The molecule has 1 rings (SSSR count). The van der Waals surface area contributed by atoms with Gasteiger partial charge in [-0.3, -0.25) is 0 Å². The Morgan fingerprint density at radius 3 is 1.83 bits per heavy atom. The van der Waals surface area contributed by atoms with Crippen molar-refractivity contribution in [2.75, 3.05) is 26.7 Å². The zero-order valence-corrected chi connectivity index (χ0v) is 10.8. The fourth-order valence-corrected chi connectivity index (χ4v) is 8.27. The van der Waals surface area contributed by atoms with E-state index in [9.17, 15) is 0 Å². The van der Waals surface area contributed by atoms with Gasteiger partial charge in [-0.1, -0.05) is 0 Å². The molecule has 0 bridgehead atoms. The minimum absolute atomic E-state index is 0.673. The van der Waals surface area contributed by atoms with Crippen LogP contribution in [0.15, 0.2) is 30.3 Å². The summed E-state index contributed by atoms with van der Waals surface area (Å²) in [7, 11) is 0. The van der Waals surface area contributed by atoms with E-state index in [1.54, 1.807) is 0 Å². The third kappa shape index (κ3) is 4.26. The van der Waals surface area contributed by atoms with Crippen LogP contribution < -0.4 is 4.46 Å². The Balaban J connectivity index is 2.79. The molecule has 0 nitrogen and oxygen atoms in total. The first-order valence-electron chi connectivity index (χ1n) is 4.09. The van der Waals surface area contributed by atoms with Gasteiger partial charge in [-0.25, -0.2) is 0 Å². The molecule has 1 aromatic carbocycles. The predicted molar refractivity (Wildman–Crippen MR) is 62.4 cm³/mol. The molecule has 0 fully saturated rings. The second-order valence-electron chi connectivity index (χ2n) is 4.82. The summed E-state index contributed by atoms with van der Waals surface area (Å²) in [6.07, 6.45) is 0. The van der Waals surface area contributed by atoms with Gasteiger partial charge in [0.2, 0.25) is 0 Å². The van der Waals surface area contributed by atoms with Gasteiger partial charge in [0.1, 0.15) is 0 Å². The first-order chi connectivity index (χ1) is 5.33. The van der Waals surface area contributed by atoms with E-state index in [0.717, 1.165) is 0 Å². The Labute approximate surface area is 81.4 Å². The van der Waals surface area contributed by atoms with Crippen molar-refractivity contribution < 1.29 is 0 Å². The van der Waals surface area contributed by atoms with Crippen LogP contribution in [0.3, 0.4) is 0 Å². The van der Waals surface area contributed by atoms with E-state index in [0.29, 0.717) is 14.5 Å². The van der Waals surface area contributed by atoms with E-state index in [1.807, 2.05) is 0 Å². The molecular formula is C10H17PSe. The van der Waals surface area contributed by atoms with Crippen molar-refractivity contribution in [1.82, 2.24) is 0 Å². The Morgan fingerprint density at radius 1 is 0.917 bits per heavy atom. The molecule has 68 valence electrons. The first-order valence-corrected chi connectivity index (χ1v) is 11.2. The maximum atomic E-state index is 2.44. The van der Waals surface area contributed by atoms with Crippen molar-refractivity contribution in [2.45, 2.75) is 0 Å². The topological polar surface area (TPSA) is 0 Å². The van der Waals surface area contributed by atoms with Crippen LogP contribution in [0.25, 0.3) is 0 Å². The van der Waals surface area contributed by atoms with Gasteiger partial charge in [-0.15, -0.1) is 0 Å². The van der Waals surface area contributed by atoms with Crippen LogP contribution in [0.4, 0.5) is 0 Å². The molecule has 0 aliphatic heterocycles. The predicted octanol–water partition coefficient (Wildman–Crippen LogP) is 2.00. The molecule has 0 unspecified atom stereocenters. The van der Waals surface area contributed by atoms with Gasteiger partial charge < -0.3 is 0 Å². The molecule has 0 aromatic heterocycles. The van der Waals surface area contributed by atoms with Crippen LogP contribution in [-0.2, 0) is 0 Å². The van der Waals surface area contributed by atoms with Crippen molar-refractivity contribution in [3.8, 4) is 0 Å². The van der Waals surface area contributed by atoms with E-state index in [2.05, 4.69) is 57.0 Å². The summed E-state index contributed by atoms with van der Waals surface area (Å²) >= 11 is 0.673. The van der Waals surface area contributed by atoms with E-state index < -0.39 is 5.29 Å². The Bertz CT molecular complexity index is 249. The quantitative estimate of drug-likeness (QED) is 0.554. The fraction of sp³-hybridized carbons (Fsp3) is 0.400. The van der Waals surface area contributed by atoms with Gasteiger partial charge in [-0.05, 0) is 0 Å². The zero-order chi connectivity index (χ0) is 9.27. The summed E-state index contributed by atoms with van der Waals surface area (Å²) < 4.78 is 1.54. The first kappa shape index (κ1) is 10.3. The third-order valence-electron chi connectivity index (χ3n) is 1.21. The minimum atomic E-state index is -1.29. The second kappa shape index (κ2) is 3.14. The average Bonchev–Trinajstić information content (AvgIpc) is 1.83. The number of benzene rings is 1. The molecule has 0 aliphatic rings. The summed E-state index contributed by atoms with van der Waals surface area (Å²) in [5.41, 5.74) is 0. The molecule has 0 radical (unpaired) electrons. The van der Waals surface area contributed by atoms with Crippen molar-refractivity contribution in [3.05, 3.63) is 30.3 Å². The molecule has 0 aliphatic carbocycles. The van der Waals surface area contributed by atoms with E-state index in [-0.39, 0.29) is 0 Å². The van der Waals surface area contributed by atoms with Gasteiger partial charge in [0.25, 0.3) is 0 Å². The van der Waals surface area contributed by atoms with Crippen molar-refractivity contribution in [3.63, 3.8) is 0 Å². The second-order valence-corrected chi connectivity index (χ2v) is 23.2. The van der Waals surface area contributed by atoms with Gasteiger partial charge >= 0.3 is 81.3 Å². The average molecular weight is 247 g/mol. The zero-order valence-electron chi connectivity index (χ0n) is 8.24. The summed E-state index contributed by atoms with van der Waals surface area (Å²) in [6, 6.07) is 10.9. The van der Waals surface area contributed by atoms with Gasteiger partial charge in [0.05, 0.1) is 0 Å².